The molecule has 1 aliphatic rings. The molecule has 2 rings (SSSR count). The number of amides is 1. The molecule has 2 heterocycles. The molecule has 1 fully saturated rings. The van der Waals surface area contributed by atoms with Crippen LogP contribution in [-0.4, -0.2) is 48.5 Å². The largest absolute Gasteiger partial charge is 0.318 e. The van der Waals surface area contributed by atoms with E-state index < -0.39 is 0 Å². The van der Waals surface area contributed by atoms with E-state index in [1.165, 1.54) is 24.2 Å². The average Bonchev–Trinajstić information content (AvgIpc) is 2.92. The van der Waals surface area contributed by atoms with Crippen molar-refractivity contribution in [3.8, 4) is 0 Å². The van der Waals surface area contributed by atoms with Crippen molar-refractivity contribution < 1.29 is 4.79 Å². The number of aromatic nitrogens is 1. The highest BCUT2D eigenvalue weighted by Gasteiger charge is 2.25. The minimum Gasteiger partial charge on any atom is -0.318 e. The van der Waals surface area contributed by atoms with Crippen molar-refractivity contribution in [3.05, 3.63) is 11.6 Å². The molecule has 1 aromatic heterocycles. The van der Waals surface area contributed by atoms with Crippen LogP contribution < -0.4 is 10.6 Å². The smallest absolute Gasteiger partial charge is 0.240 e. The van der Waals surface area contributed by atoms with Gasteiger partial charge in [-0.05, 0) is 26.4 Å². The summed E-state index contributed by atoms with van der Waals surface area (Å²) >= 11 is 1.45. The number of rotatable bonds is 5. The number of thiazole rings is 1. The van der Waals surface area contributed by atoms with Gasteiger partial charge in [-0.25, -0.2) is 4.98 Å². The Labute approximate surface area is 105 Å². The van der Waals surface area contributed by atoms with Crippen LogP contribution in [0.1, 0.15) is 12.8 Å². The van der Waals surface area contributed by atoms with Crippen LogP contribution in [0, 0.1) is 0 Å². The summed E-state index contributed by atoms with van der Waals surface area (Å²) < 4.78 is 0. The molecule has 94 valence electrons. The maximum absolute atomic E-state index is 11.8. The van der Waals surface area contributed by atoms with Crippen LogP contribution >= 0.6 is 11.3 Å². The number of carbonyl (C=O) groups is 1. The molecule has 1 amide bonds. The molecule has 1 aliphatic heterocycles. The maximum atomic E-state index is 11.8. The molecule has 5 nitrogen and oxygen atoms in total. The van der Waals surface area contributed by atoms with Gasteiger partial charge in [0.05, 0.1) is 6.54 Å². The number of hydrogen-bond donors (Lipinski definition) is 2. The van der Waals surface area contributed by atoms with Crippen LogP contribution in [0.5, 0.6) is 0 Å². The second kappa shape index (κ2) is 6.09. The molecule has 0 aliphatic carbocycles. The van der Waals surface area contributed by atoms with Crippen molar-refractivity contribution in [3.63, 3.8) is 0 Å². The highest BCUT2D eigenvalue weighted by Crippen LogP contribution is 2.16. The Hall–Kier alpha value is -0.980. The Balaban J connectivity index is 1.81. The zero-order valence-corrected chi connectivity index (χ0v) is 10.8. The van der Waals surface area contributed by atoms with Crippen LogP contribution in [0.15, 0.2) is 11.6 Å². The van der Waals surface area contributed by atoms with Gasteiger partial charge < -0.3 is 10.6 Å². The fraction of sp³-hybridized carbons (Fsp3) is 0.636. The molecule has 0 radical (unpaired) electrons. The van der Waals surface area contributed by atoms with E-state index in [4.69, 9.17) is 0 Å². The summed E-state index contributed by atoms with van der Waals surface area (Å²) in [4.78, 5) is 18.1. The van der Waals surface area contributed by atoms with E-state index in [9.17, 15) is 4.79 Å². The van der Waals surface area contributed by atoms with Crippen LogP contribution in [0.25, 0.3) is 0 Å². The first kappa shape index (κ1) is 12.5. The summed E-state index contributed by atoms with van der Waals surface area (Å²) in [7, 11) is 1.95. The minimum absolute atomic E-state index is 0.0305. The molecule has 0 aromatic carbocycles. The Kier molecular flexibility index (Phi) is 4.47. The van der Waals surface area contributed by atoms with Gasteiger partial charge >= 0.3 is 0 Å². The normalized spacial score (nSPS) is 20.6. The first-order chi connectivity index (χ1) is 8.29. The lowest BCUT2D eigenvalue weighted by atomic mass is 10.2. The molecular formula is C11H18N4OS. The molecule has 0 bridgehead atoms. The molecule has 1 saturated heterocycles. The predicted molar refractivity (Wildman–Crippen MR) is 69.3 cm³/mol. The lowest BCUT2D eigenvalue weighted by molar-refractivity contribution is -0.117. The number of likely N-dealkylation sites (tertiary alicyclic amines) is 1. The molecule has 2 N–H and O–H groups in total. The van der Waals surface area contributed by atoms with E-state index in [1.54, 1.807) is 6.20 Å². The van der Waals surface area contributed by atoms with Gasteiger partial charge in [-0.2, -0.15) is 0 Å². The number of nitrogens with zero attached hydrogens (tertiary/aromatic N) is 2. The summed E-state index contributed by atoms with van der Waals surface area (Å²) in [5.41, 5.74) is 0. The lowest BCUT2D eigenvalue weighted by Crippen LogP contribution is -2.41. The SMILES string of the molecule is CNCC1CCCN1CC(=O)Nc1nccs1. The third-order valence-electron chi connectivity index (χ3n) is 2.96. The molecule has 0 spiro atoms. The fourth-order valence-corrected chi connectivity index (χ4v) is 2.74. The summed E-state index contributed by atoms with van der Waals surface area (Å²) in [5, 5.41) is 8.53. The van der Waals surface area contributed by atoms with E-state index in [-0.39, 0.29) is 5.91 Å². The third-order valence-corrected chi connectivity index (χ3v) is 3.65. The summed E-state index contributed by atoms with van der Waals surface area (Å²) in [5.74, 6) is 0.0305. The zero-order valence-electron chi connectivity index (χ0n) is 9.98. The number of anilines is 1. The highest BCUT2D eigenvalue weighted by atomic mass is 32.1. The van der Waals surface area contributed by atoms with Crippen molar-refractivity contribution in [1.82, 2.24) is 15.2 Å². The van der Waals surface area contributed by atoms with Crippen LogP contribution in [0.2, 0.25) is 0 Å². The standard InChI is InChI=1S/C11H18N4OS/c1-12-7-9-3-2-5-15(9)8-10(16)14-11-13-4-6-17-11/h4,6,9,12H,2-3,5,7-8H2,1H3,(H,13,14,16). The van der Waals surface area contributed by atoms with Crippen LogP contribution in [0.4, 0.5) is 5.13 Å². The predicted octanol–water partition coefficient (Wildman–Crippen LogP) is 0.765. The number of carbonyl (C=O) groups excluding carboxylic acids is 1. The molecule has 1 atom stereocenters. The van der Waals surface area contributed by atoms with Gasteiger partial charge in [-0.3, -0.25) is 9.69 Å². The fourth-order valence-electron chi connectivity index (χ4n) is 2.20. The average molecular weight is 254 g/mol. The van der Waals surface area contributed by atoms with Crippen LogP contribution in [-0.2, 0) is 4.79 Å². The van der Waals surface area contributed by atoms with Gasteiger partial charge in [-0.1, -0.05) is 0 Å². The number of nitrogens with one attached hydrogen (secondary N) is 2. The molecule has 17 heavy (non-hydrogen) atoms. The second-order valence-corrected chi connectivity index (χ2v) is 5.10. The van der Waals surface area contributed by atoms with Crippen LogP contribution in [0.3, 0.4) is 0 Å². The summed E-state index contributed by atoms with van der Waals surface area (Å²) in [6, 6.07) is 0.488. The first-order valence-corrected chi connectivity index (χ1v) is 6.75. The summed E-state index contributed by atoms with van der Waals surface area (Å²) in [6.45, 7) is 2.42. The Morgan fingerprint density at radius 1 is 1.71 bits per heavy atom. The van der Waals surface area contributed by atoms with Crippen molar-refractivity contribution in [1.29, 1.82) is 0 Å². The monoisotopic (exact) mass is 254 g/mol. The molecule has 6 heteroatoms. The van der Waals surface area contributed by atoms with E-state index >= 15 is 0 Å². The minimum atomic E-state index is 0.0305. The molecule has 0 saturated carbocycles. The van der Waals surface area contributed by atoms with Crippen molar-refractivity contribution >= 4 is 22.4 Å². The van der Waals surface area contributed by atoms with Gasteiger partial charge in [0.1, 0.15) is 0 Å². The molecule has 1 unspecified atom stereocenters. The Morgan fingerprint density at radius 3 is 3.29 bits per heavy atom. The maximum Gasteiger partial charge on any atom is 0.240 e. The van der Waals surface area contributed by atoms with E-state index in [0.29, 0.717) is 17.7 Å². The Bertz CT molecular complexity index is 354. The van der Waals surface area contributed by atoms with E-state index in [1.807, 2.05) is 12.4 Å². The number of likely N-dealkylation sites (N-methyl/N-ethyl adjacent to an activating group) is 1. The second-order valence-electron chi connectivity index (χ2n) is 4.21. The van der Waals surface area contributed by atoms with Gasteiger partial charge in [0.25, 0.3) is 0 Å². The highest BCUT2D eigenvalue weighted by molar-refractivity contribution is 7.13. The van der Waals surface area contributed by atoms with Gasteiger partial charge in [0.2, 0.25) is 5.91 Å². The topological polar surface area (TPSA) is 57.3 Å². The Morgan fingerprint density at radius 2 is 2.59 bits per heavy atom. The van der Waals surface area contributed by atoms with Crippen molar-refractivity contribution in [2.75, 3.05) is 32.0 Å². The number of hydrogen-bond acceptors (Lipinski definition) is 5. The van der Waals surface area contributed by atoms with Gasteiger partial charge in [0.15, 0.2) is 5.13 Å². The summed E-state index contributed by atoms with van der Waals surface area (Å²) in [6.07, 6.45) is 4.04. The lowest BCUT2D eigenvalue weighted by Gasteiger charge is -2.23. The quantitative estimate of drug-likeness (QED) is 0.815. The van der Waals surface area contributed by atoms with Gasteiger partial charge in [0, 0.05) is 24.2 Å². The third kappa shape index (κ3) is 3.49. The van der Waals surface area contributed by atoms with Gasteiger partial charge in [-0.15, -0.1) is 11.3 Å². The van der Waals surface area contributed by atoms with E-state index in [0.717, 1.165) is 13.1 Å². The van der Waals surface area contributed by atoms with Crippen molar-refractivity contribution in [2.45, 2.75) is 18.9 Å². The molecule has 1 aromatic rings. The first-order valence-electron chi connectivity index (χ1n) is 5.87. The zero-order chi connectivity index (χ0) is 12.1. The van der Waals surface area contributed by atoms with E-state index in [2.05, 4.69) is 20.5 Å². The van der Waals surface area contributed by atoms with Crippen molar-refractivity contribution in [2.24, 2.45) is 0 Å². The molecular weight excluding hydrogens is 236 g/mol.